The second kappa shape index (κ2) is 16.3. The zero-order chi connectivity index (χ0) is 39.6. The third kappa shape index (κ3) is 9.76. The molecule has 6 atom stereocenters. The van der Waals surface area contributed by atoms with E-state index in [1.165, 1.54) is 18.2 Å². The molecule has 0 radical (unpaired) electrons. The number of nitrogens with zero attached hydrogens (tertiary/aromatic N) is 2. The van der Waals surface area contributed by atoms with Gasteiger partial charge in [-0.15, -0.1) is 0 Å². The monoisotopic (exact) mass is 789 g/mol. The number of benzene rings is 1. The number of halogens is 1. The summed E-state index contributed by atoms with van der Waals surface area (Å²) in [4.78, 5) is 58.2. The predicted molar refractivity (Wildman–Crippen MR) is 203 cm³/mol. The van der Waals surface area contributed by atoms with E-state index in [0.29, 0.717) is 41.8 Å². The summed E-state index contributed by atoms with van der Waals surface area (Å²) in [5.74, 6) is -1.66. The number of primary amides is 1. The van der Waals surface area contributed by atoms with E-state index in [2.05, 4.69) is 15.0 Å². The maximum Gasteiger partial charge on any atom is 0.408 e. The van der Waals surface area contributed by atoms with Crippen molar-refractivity contribution in [2.24, 2.45) is 23.5 Å². The van der Waals surface area contributed by atoms with Gasteiger partial charge in [0.05, 0.1) is 24.6 Å². The first-order chi connectivity index (χ1) is 25.3. The average molecular weight is 790 g/mol. The summed E-state index contributed by atoms with van der Waals surface area (Å²) < 4.78 is 43.5. The highest BCUT2D eigenvalue weighted by atomic mass is 35.5. The number of aromatic nitrogens is 1. The van der Waals surface area contributed by atoms with Crippen molar-refractivity contribution < 1.29 is 41.8 Å². The lowest BCUT2D eigenvalue weighted by Crippen LogP contribution is -2.54. The number of hydrogen-bond acceptors (Lipinski definition) is 10. The van der Waals surface area contributed by atoms with E-state index in [1.54, 1.807) is 52.8 Å². The molecule has 16 heteroatoms. The molecular weight excluding hydrogens is 738 g/mol. The summed E-state index contributed by atoms with van der Waals surface area (Å²) in [5.41, 5.74) is 5.06. The number of methoxy groups -OCH3 is 1. The van der Waals surface area contributed by atoms with Gasteiger partial charge in [-0.3, -0.25) is 19.1 Å². The molecule has 4 amide bonds. The number of amides is 4. The third-order valence-electron chi connectivity index (χ3n) is 10.4. The van der Waals surface area contributed by atoms with Crippen molar-refractivity contribution in [2.75, 3.05) is 13.7 Å². The zero-order valence-corrected chi connectivity index (χ0v) is 33.3. The number of unbranched alkanes of at least 4 members (excludes halogenated alkanes) is 3. The van der Waals surface area contributed by atoms with Crippen molar-refractivity contribution in [3.05, 3.63) is 41.6 Å². The van der Waals surface area contributed by atoms with Gasteiger partial charge in [-0.1, -0.05) is 43.5 Å². The standard InChI is InChI=1S/C38H52ClN5O9S/c1-22-30(52-34-27-19-24(39)14-15-25(27)29(51-6)20-41-34)21-44(31(22)32(40)45)35(47)28(42-36(48)53-37(2,3)4)13-11-9-7-8-10-12-23-18-26(23)33(46)43-54(49,50)38(5)16-17-38/h10,12,14-15,19-20,22-23,26,28,30-31H,7-9,11,13,16-18,21H2,1-6H3,(H2,40,45)(H,42,48)(H,43,46). The maximum atomic E-state index is 14.2. The Bertz CT molecular complexity index is 1890. The van der Waals surface area contributed by atoms with Crippen LogP contribution < -0.4 is 25.2 Å². The fraction of sp³-hybridized carbons (Fsp3) is 0.605. The number of pyridine rings is 1. The van der Waals surface area contributed by atoms with E-state index in [0.717, 1.165) is 24.6 Å². The minimum Gasteiger partial charge on any atom is -0.494 e. The Hall–Kier alpha value is -4.11. The Morgan fingerprint density at radius 1 is 1.15 bits per heavy atom. The SMILES string of the molecule is COc1cnc(OC2CN(C(=O)C(CCCCCC=CC3CC3C(=O)NS(=O)(=O)C3(C)CC3)NC(=O)OC(C)(C)C)C(C(N)=O)C2C)c2cc(Cl)ccc12. The van der Waals surface area contributed by atoms with E-state index in [4.69, 9.17) is 31.5 Å². The normalized spacial score (nSPS) is 23.8. The summed E-state index contributed by atoms with van der Waals surface area (Å²) in [6.45, 7) is 8.62. The minimum atomic E-state index is -3.65. The molecule has 0 spiro atoms. The van der Waals surface area contributed by atoms with Crippen LogP contribution in [-0.4, -0.2) is 84.3 Å². The smallest absolute Gasteiger partial charge is 0.408 e. The second-order valence-electron chi connectivity index (χ2n) is 15.9. The van der Waals surface area contributed by atoms with Crippen LogP contribution >= 0.6 is 11.6 Å². The number of hydrogen-bond donors (Lipinski definition) is 3. The topological polar surface area (TPSA) is 196 Å². The fourth-order valence-electron chi connectivity index (χ4n) is 6.78. The quantitative estimate of drug-likeness (QED) is 0.154. The number of nitrogens with two attached hydrogens (primary N) is 1. The number of fused-ring (bicyclic) bond motifs is 1. The number of carbonyl (C=O) groups excluding carboxylic acids is 4. The van der Waals surface area contributed by atoms with Crippen LogP contribution in [0.5, 0.6) is 11.6 Å². The Balaban J connectivity index is 1.19. The molecule has 1 saturated heterocycles. The van der Waals surface area contributed by atoms with Gasteiger partial charge in [0, 0.05) is 27.6 Å². The second-order valence-corrected chi connectivity index (χ2v) is 18.5. The Kier molecular flexibility index (Phi) is 12.4. The minimum absolute atomic E-state index is 0.0122. The van der Waals surface area contributed by atoms with Crippen molar-refractivity contribution in [2.45, 2.75) is 115 Å². The molecule has 4 N–H and O–H groups in total. The molecule has 3 fully saturated rings. The molecule has 1 aromatic carbocycles. The number of rotatable bonds is 16. The molecule has 54 heavy (non-hydrogen) atoms. The number of carbonyl (C=O) groups is 4. The average Bonchev–Trinajstić information content (AvgIpc) is 4.00. The molecule has 2 saturated carbocycles. The molecule has 0 bridgehead atoms. The van der Waals surface area contributed by atoms with Crippen LogP contribution in [0.25, 0.3) is 10.8 Å². The largest absolute Gasteiger partial charge is 0.494 e. The first-order valence-corrected chi connectivity index (χ1v) is 20.3. The number of nitrogens with one attached hydrogen (secondary N) is 2. The third-order valence-corrected chi connectivity index (χ3v) is 12.8. The lowest BCUT2D eigenvalue weighted by molar-refractivity contribution is -0.139. The van der Waals surface area contributed by atoms with Crippen molar-refractivity contribution >= 4 is 56.2 Å². The molecule has 2 heterocycles. The van der Waals surface area contributed by atoms with Crippen molar-refractivity contribution in [1.29, 1.82) is 0 Å². The zero-order valence-electron chi connectivity index (χ0n) is 31.7. The van der Waals surface area contributed by atoms with E-state index < -0.39 is 68.3 Å². The molecule has 296 valence electrons. The molecule has 1 aromatic heterocycles. The van der Waals surface area contributed by atoms with E-state index in [9.17, 15) is 27.6 Å². The van der Waals surface area contributed by atoms with Gasteiger partial charge in [0.25, 0.3) is 0 Å². The molecule has 3 aliphatic rings. The van der Waals surface area contributed by atoms with Gasteiger partial charge in [0.15, 0.2) is 0 Å². The van der Waals surface area contributed by atoms with Gasteiger partial charge in [0.2, 0.25) is 33.6 Å². The summed E-state index contributed by atoms with van der Waals surface area (Å²) in [6.07, 6.45) is 8.92. The number of ether oxygens (including phenoxy) is 3. The summed E-state index contributed by atoms with van der Waals surface area (Å²) in [7, 11) is -2.11. The van der Waals surface area contributed by atoms with Gasteiger partial charge in [-0.05, 0) is 90.3 Å². The van der Waals surface area contributed by atoms with Gasteiger partial charge >= 0.3 is 6.09 Å². The van der Waals surface area contributed by atoms with E-state index >= 15 is 0 Å². The lowest BCUT2D eigenvalue weighted by Gasteiger charge is -2.29. The van der Waals surface area contributed by atoms with Gasteiger partial charge in [-0.25, -0.2) is 18.2 Å². The predicted octanol–water partition coefficient (Wildman–Crippen LogP) is 5.01. The van der Waals surface area contributed by atoms with Gasteiger partial charge < -0.3 is 30.2 Å². The molecule has 14 nitrogen and oxygen atoms in total. The summed E-state index contributed by atoms with van der Waals surface area (Å²) in [5, 5.41) is 4.52. The molecule has 6 unspecified atom stereocenters. The molecule has 1 aliphatic heterocycles. The molecule has 5 rings (SSSR count). The molecule has 2 aliphatic carbocycles. The number of likely N-dealkylation sites (tertiary alicyclic amines) is 1. The Morgan fingerprint density at radius 2 is 1.87 bits per heavy atom. The highest BCUT2D eigenvalue weighted by Crippen LogP contribution is 2.44. The van der Waals surface area contributed by atoms with Crippen LogP contribution in [0.2, 0.25) is 5.02 Å². The summed E-state index contributed by atoms with van der Waals surface area (Å²) in [6, 6.07) is 3.23. The van der Waals surface area contributed by atoms with Crippen LogP contribution in [0, 0.1) is 17.8 Å². The highest BCUT2D eigenvalue weighted by Gasteiger charge is 2.53. The first kappa shape index (κ1) is 41.1. The fourth-order valence-corrected chi connectivity index (χ4v) is 8.25. The van der Waals surface area contributed by atoms with E-state index in [1.807, 2.05) is 12.2 Å². The molecular formula is C38H52ClN5O9S. The van der Waals surface area contributed by atoms with E-state index in [-0.39, 0.29) is 30.7 Å². The van der Waals surface area contributed by atoms with Crippen molar-refractivity contribution in [3.63, 3.8) is 0 Å². The van der Waals surface area contributed by atoms with Crippen LogP contribution in [0.1, 0.15) is 86.0 Å². The number of allylic oxidation sites excluding steroid dienone is 2. The van der Waals surface area contributed by atoms with Gasteiger partial charge in [0.1, 0.15) is 29.5 Å². The number of alkyl carbamates (subject to hydrolysis) is 1. The highest BCUT2D eigenvalue weighted by molar-refractivity contribution is 7.91. The van der Waals surface area contributed by atoms with Crippen LogP contribution in [0.15, 0.2) is 36.5 Å². The van der Waals surface area contributed by atoms with Crippen molar-refractivity contribution in [1.82, 2.24) is 19.9 Å². The van der Waals surface area contributed by atoms with Crippen molar-refractivity contribution in [3.8, 4) is 11.6 Å². The lowest BCUT2D eigenvalue weighted by atomic mass is 9.99. The molecule has 2 aromatic rings. The van der Waals surface area contributed by atoms with Gasteiger partial charge in [-0.2, -0.15) is 0 Å². The van der Waals surface area contributed by atoms with Crippen LogP contribution in [-0.2, 0) is 29.1 Å². The van der Waals surface area contributed by atoms with Crippen LogP contribution in [0.3, 0.4) is 0 Å². The van der Waals surface area contributed by atoms with Crippen LogP contribution in [0.4, 0.5) is 4.79 Å². The Labute approximate surface area is 321 Å². The number of sulfonamides is 1. The maximum absolute atomic E-state index is 14.2. The summed E-state index contributed by atoms with van der Waals surface area (Å²) >= 11 is 6.30. The Morgan fingerprint density at radius 3 is 2.52 bits per heavy atom. The first-order valence-electron chi connectivity index (χ1n) is 18.4.